The molecule has 0 bridgehead atoms. The first kappa shape index (κ1) is 15.5. The van der Waals surface area contributed by atoms with Crippen molar-refractivity contribution < 1.29 is 23.9 Å². The maximum atomic E-state index is 12.9. The Hall–Kier alpha value is -1.93. The number of nitrogens with zero attached hydrogens (tertiary/aromatic N) is 1. The molecule has 3 N–H and O–H groups in total. The van der Waals surface area contributed by atoms with Crippen LogP contribution in [-0.2, 0) is 14.4 Å². The van der Waals surface area contributed by atoms with Gasteiger partial charge in [0.05, 0.1) is 10.9 Å². The van der Waals surface area contributed by atoms with Gasteiger partial charge in [-0.15, -0.1) is 11.8 Å². The summed E-state index contributed by atoms with van der Waals surface area (Å²) in [5.74, 6) is -2.41. The fraction of sp³-hybridized carbons (Fsp3) is 0.308. The molecular weight excluding hydrogens is 299 g/mol. The molecule has 1 aliphatic rings. The fourth-order valence-corrected chi connectivity index (χ4v) is 2.98. The molecule has 1 heterocycles. The number of anilines is 1. The van der Waals surface area contributed by atoms with Crippen molar-refractivity contribution >= 4 is 35.2 Å². The SMILES string of the molecule is NC(CSC1CC(=O)N(c2ccc(F)cc2)C1=O)C(=O)O. The molecular formula is C13H13FN2O4S. The summed E-state index contributed by atoms with van der Waals surface area (Å²) < 4.78 is 12.9. The Morgan fingerprint density at radius 2 is 2.05 bits per heavy atom. The Bertz CT molecular complexity index is 578. The lowest BCUT2D eigenvalue weighted by Gasteiger charge is -2.15. The number of hydrogen-bond acceptors (Lipinski definition) is 5. The number of amides is 2. The zero-order valence-electron chi connectivity index (χ0n) is 10.9. The van der Waals surface area contributed by atoms with E-state index in [0.717, 1.165) is 28.8 Å². The molecule has 0 aliphatic carbocycles. The van der Waals surface area contributed by atoms with Gasteiger partial charge < -0.3 is 10.8 Å². The highest BCUT2D eigenvalue weighted by molar-refractivity contribution is 8.00. The molecule has 8 heteroatoms. The molecule has 0 aromatic heterocycles. The molecule has 112 valence electrons. The molecule has 6 nitrogen and oxygen atoms in total. The number of thioether (sulfide) groups is 1. The molecule has 0 saturated carbocycles. The van der Waals surface area contributed by atoms with Crippen molar-refractivity contribution in [2.24, 2.45) is 5.73 Å². The summed E-state index contributed by atoms with van der Waals surface area (Å²) in [5, 5.41) is 8.03. The molecule has 1 aromatic rings. The second kappa shape index (κ2) is 6.23. The minimum absolute atomic E-state index is 0.0206. The number of rotatable bonds is 5. The smallest absolute Gasteiger partial charge is 0.321 e. The van der Waals surface area contributed by atoms with Crippen molar-refractivity contribution in [2.75, 3.05) is 10.7 Å². The number of hydrogen-bond donors (Lipinski definition) is 2. The average Bonchev–Trinajstić information content (AvgIpc) is 2.72. The molecule has 1 aliphatic heterocycles. The van der Waals surface area contributed by atoms with Gasteiger partial charge in [0.2, 0.25) is 11.8 Å². The predicted octanol–water partition coefficient (Wildman–Crippen LogP) is 0.603. The van der Waals surface area contributed by atoms with Crippen molar-refractivity contribution in [3.05, 3.63) is 30.1 Å². The van der Waals surface area contributed by atoms with Crippen LogP contribution in [0.15, 0.2) is 24.3 Å². The van der Waals surface area contributed by atoms with Gasteiger partial charge in [-0.1, -0.05) is 0 Å². The molecule has 1 fully saturated rings. The van der Waals surface area contributed by atoms with Gasteiger partial charge in [-0.05, 0) is 24.3 Å². The molecule has 0 spiro atoms. The van der Waals surface area contributed by atoms with Gasteiger partial charge in [-0.3, -0.25) is 14.4 Å². The summed E-state index contributed by atoms with van der Waals surface area (Å²) in [6.45, 7) is 0. The number of carbonyl (C=O) groups excluding carboxylic acids is 2. The number of nitrogens with two attached hydrogens (primary N) is 1. The van der Waals surface area contributed by atoms with Crippen LogP contribution < -0.4 is 10.6 Å². The maximum absolute atomic E-state index is 12.9. The van der Waals surface area contributed by atoms with Crippen LogP contribution in [0.1, 0.15) is 6.42 Å². The van der Waals surface area contributed by atoms with Gasteiger partial charge in [0, 0.05) is 12.2 Å². The lowest BCUT2D eigenvalue weighted by atomic mass is 10.3. The van der Waals surface area contributed by atoms with Crippen molar-refractivity contribution in [1.82, 2.24) is 0 Å². The van der Waals surface area contributed by atoms with Crippen molar-refractivity contribution in [3.63, 3.8) is 0 Å². The number of benzene rings is 1. The normalized spacial score (nSPS) is 19.9. The second-order valence-electron chi connectivity index (χ2n) is 4.51. The number of carbonyl (C=O) groups is 3. The van der Waals surface area contributed by atoms with Gasteiger partial charge in [-0.2, -0.15) is 0 Å². The summed E-state index contributed by atoms with van der Waals surface area (Å²) >= 11 is 1.04. The molecule has 2 unspecified atom stereocenters. The molecule has 21 heavy (non-hydrogen) atoms. The number of halogens is 1. The van der Waals surface area contributed by atoms with E-state index in [-0.39, 0.29) is 12.2 Å². The Morgan fingerprint density at radius 3 is 2.62 bits per heavy atom. The first-order chi connectivity index (χ1) is 9.90. The van der Waals surface area contributed by atoms with E-state index in [4.69, 9.17) is 10.8 Å². The van der Waals surface area contributed by atoms with E-state index in [9.17, 15) is 18.8 Å². The zero-order valence-corrected chi connectivity index (χ0v) is 11.7. The van der Waals surface area contributed by atoms with E-state index in [1.54, 1.807) is 0 Å². The minimum Gasteiger partial charge on any atom is -0.480 e. The third-order valence-electron chi connectivity index (χ3n) is 2.98. The Labute approximate surface area is 124 Å². The van der Waals surface area contributed by atoms with Gasteiger partial charge >= 0.3 is 5.97 Å². The van der Waals surface area contributed by atoms with E-state index in [2.05, 4.69) is 0 Å². The first-order valence-corrected chi connectivity index (χ1v) is 7.17. The minimum atomic E-state index is -1.16. The van der Waals surface area contributed by atoms with Crippen LogP contribution >= 0.6 is 11.8 Å². The Balaban J connectivity index is 2.06. The molecule has 0 radical (unpaired) electrons. The molecule has 1 aromatic carbocycles. The molecule has 1 saturated heterocycles. The lowest BCUT2D eigenvalue weighted by molar-refractivity contribution is -0.138. The van der Waals surface area contributed by atoms with Crippen LogP contribution in [0.25, 0.3) is 0 Å². The van der Waals surface area contributed by atoms with Crippen LogP contribution in [-0.4, -0.2) is 39.9 Å². The monoisotopic (exact) mass is 312 g/mol. The van der Waals surface area contributed by atoms with Crippen LogP contribution in [0, 0.1) is 5.82 Å². The highest BCUT2D eigenvalue weighted by atomic mass is 32.2. The van der Waals surface area contributed by atoms with Gasteiger partial charge in [0.25, 0.3) is 0 Å². The third kappa shape index (κ3) is 3.40. The van der Waals surface area contributed by atoms with E-state index in [1.165, 1.54) is 12.1 Å². The van der Waals surface area contributed by atoms with E-state index < -0.39 is 34.9 Å². The highest BCUT2D eigenvalue weighted by Gasteiger charge is 2.40. The van der Waals surface area contributed by atoms with Crippen LogP contribution in [0.3, 0.4) is 0 Å². The lowest BCUT2D eigenvalue weighted by Crippen LogP contribution is -2.35. The largest absolute Gasteiger partial charge is 0.480 e. The van der Waals surface area contributed by atoms with E-state index >= 15 is 0 Å². The van der Waals surface area contributed by atoms with Gasteiger partial charge in [0.15, 0.2) is 0 Å². The average molecular weight is 312 g/mol. The topological polar surface area (TPSA) is 101 Å². The fourth-order valence-electron chi connectivity index (χ4n) is 1.89. The first-order valence-electron chi connectivity index (χ1n) is 6.12. The van der Waals surface area contributed by atoms with Crippen molar-refractivity contribution in [2.45, 2.75) is 17.7 Å². The standard InChI is InChI=1S/C13H13FN2O4S/c14-7-1-3-8(4-2-7)16-11(17)5-10(12(16)18)21-6-9(15)13(19)20/h1-4,9-10H,5-6,15H2,(H,19,20). The number of aliphatic carboxylic acids is 1. The number of carboxylic acid groups (broad SMARTS) is 1. The van der Waals surface area contributed by atoms with Crippen molar-refractivity contribution in [1.29, 1.82) is 0 Å². The molecule has 2 rings (SSSR count). The molecule has 2 atom stereocenters. The maximum Gasteiger partial charge on any atom is 0.321 e. The van der Waals surface area contributed by atoms with Gasteiger partial charge in [-0.25, -0.2) is 9.29 Å². The summed E-state index contributed by atoms with van der Waals surface area (Å²) in [7, 11) is 0. The van der Waals surface area contributed by atoms with Crippen LogP contribution in [0.4, 0.5) is 10.1 Å². The van der Waals surface area contributed by atoms with E-state index in [1.807, 2.05) is 0 Å². The zero-order chi connectivity index (χ0) is 15.6. The molecule has 2 amide bonds. The third-order valence-corrected chi connectivity index (χ3v) is 4.31. The summed E-state index contributed by atoms with van der Waals surface area (Å²) in [5.41, 5.74) is 5.67. The summed E-state index contributed by atoms with van der Waals surface area (Å²) in [6, 6.07) is 3.94. The Morgan fingerprint density at radius 1 is 1.43 bits per heavy atom. The quantitative estimate of drug-likeness (QED) is 0.772. The van der Waals surface area contributed by atoms with Crippen LogP contribution in [0.5, 0.6) is 0 Å². The van der Waals surface area contributed by atoms with Crippen LogP contribution in [0.2, 0.25) is 0 Å². The summed E-state index contributed by atoms with van der Waals surface area (Å²) in [4.78, 5) is 35.7. The number of imide groups is 1. The van der Waals surface area contributed by atoms with E-state index in [0.29, 0.717) is 5.69 Å². The van der Waals surface area contributed by atoms with Crippen molar-refractivity contribution in [3.8, 4) is 0 Å². The number of carboxylic acids is 1. The summed E-state index contributed by atoms with van der Waals surface area (Å²) in [6.07, 6.45) is -0.0206. The van der Waals surface area contributed by atoms with Gasteiger partial charge in [0.1, 0.15) is 11.9 Å². The highest BCUT2D eigenvalue weighted by Crippen LogP contribution is 2.29. The second-order valence-corrected chi connectivity index (χ2v) is 5.75. The predicted molar refractivity (Wildman–Crippen MR) is 75.4 cm³/mol. The Kier molecular flexibility index (Phi) is 4.59.